The summed E-state index contributed by atoms with van der Waals surface area (Å²) in [5, 5.41) is 17.1. The Bertz CT molecular complexity index is 1920. The van der Waals surface area contributed by atoms with Crippen LogP contribution in [0.25, 0.3) is 0 Å². The average Bonchev–Trinajstić information content (AvgIpc) is 3.70. The summed E-state index contributed by atoms with van der Waals surface area (Å²) in [5.74, 6) is -4.97. The Morgan fingerprint density at radius 3 is 2.45 bits per heavy atom. The number of benzene rings is 3. The van der Waals surface area contributed by atoms with Crippen LogP contribution in [0.15, 0.2) is 54.6 Å². The second kappa shape index (κ2) is 13.3. The summed E-state index contributed by atoms with van der Waals surface area (Å²) in [5.41, 5.74) is -3.61. The lowest BCUT2D eigenvalue weighted by atomic mass is 9.62. The molecule has 1 heterocycles. The lowest BCUT2D eigenvalue weighted by Gasteiger charge is -2.37. The van der Waals surface area contributed by atoms with E-state index < -0.39 is 66.5 Å². The minimum absolute atomic E-state index is 0.00816. The molecule has 3 aromatic rings. The van der Waals surface area contributed by atoms with Crippen LogP contribution < -0.4 is 15.4 Å². The number of phosphoric ester groups is 1. The highest BCUT2D eigenvalue weighted by Crippen LogP contribution is 2.70. The van der Waals surface area contributed by atoms with Crippen LogP contribution in [0.1, 0.15) is 54.6 Å². The smallest absolute Gasteiger partial charge is 0.472 e. The van der Waals surface area contributed by atoms with Gasteiger partial charge in [0.2, 0.25) is 12.7 Å². The molecule has 16 heteroatoms. The number of halogens is 4. The second-order valence-electron chi connectivity index (χ2n) is 13.0. The molecule has 1 saturated heterocycles. The van der Waals surface area contributed by atoms with Crippen LogP contribution in [0.5, 0.6) is 5.75 Å². The molecule has 3 aromatic carbocycles. The van der Waals surface area contributed by atoms with Gasteiger partial charge in [-0.2, -0.15) is 5.26 Å². The first-order chi connectivity index (χ1) is 22.9. The lowest BCUT2D eigenvalue weighted by molar-refractivity contribution is -0.118. The zero-order valence-electron chi connectivity index (χ0n) is 26.6. The van der Waals surface area contributed by atoms with Crippen molar-refractivity contribution in [3.05, 3.63) is 93.0 Å². The number of nitriles is 1. The number of ether oxygens (including phenoxy) is 2. The van der Waals surface area contributed by atoms with E-state index in [4.69, 9.17) is 42.5 Å². The lowest BCUT2D eigenvalue weighted by Crippen LogP contribution is -2.48. The summed E-state index contributed by atoms with van der Waals surface area (Å²) in [6, 6.07) is 13.0. The number of nitrogens with zero attached hydrogens (tertiary/aromatic N) is 1. The largest absolute Gasteiger partial charge is 0.495 e. The number of amides is 1. The molecular weight excluding hydrogens is 706 g/mol. The third kappa shape index (κ3) is 6.67. The molecule has 0 aromatic heterocycles. The van der Waals surface area contributed by atoms with Crippen LogP contribution in [0, 0.1) is 34.3 Å². The predicted octanol–water partition coefficient (Wildman–Crippen LogP) is 6.46. The van der Waals surface area contributed by atoms with E-state index >= 15 is 8.78 Å². The van der Waals surface area contributed by atoms with Crippen LogP contribution in [-0.2, 0) is 24.0 Å². The fourth-order valence-electron chi connectivity index (χ4n) is 7.11. The Hall–Kier alpha value is -3.60. The number of methoxy groups -OCH3 is 1. The number of esters is 1. The number of rotatable bonds is 9. The van der Waals surface area contributed by atoms with Crippen LogP contribution >= 0.6 is 31.0 Å². The standard InChI is InChI=1S/C33H32Cl2F2N3O8P/c1-31(2,3)25-14-33(25)32(15-38,20-10-9-18(34)13-22(20)36)26(19-6-5-7-21(35)27(19)37)28(40-33)29(41)39-23-11-8-17(12-24(23)46-4)30(42)47-16-48-49(43,44)45/h5-13,25-26,28,40H,14,16H2,1-4H3,(H,39,41)(H2,43,44,45)/t25-,26-,28+,32+,33?/m0/s1. The average molecular weight is 739 g/mol. The van der Waals surface area contributed by atoms with Gasteiger partial charge in [0, 0.05) is 22.0 Å². The molecule has 1 unspecified atom stereocenters. The maximum absolute atomic E-state index is 16.0. The summed E-state index contributed by atoms with van der Waals surface area (Å²) < 4.78 is 57.2. The van der Waals surface area contributed by atoms with Gasteiger partial charge in [-0.3, -0.25) is 10.1 Å². The molecule has 1 aliphatic heterocycles. The zero-order valence-corrected chi connectivity index (χ0v) is 29.0. The van der Waals surface area contributed by atoms with Crippen LogP contribution in [0.3, 0.4) is 0 Å². The van der Waals surface area contributed by atoms with Crippen molar-refractivity contribution in [2.75, 3.05) is 19.2 Å². The van der Waals surface area contributed by atoms with Gasteiger partial charge in [0.25, 0.3) is 0 Å². The molecule has 11 nitrogen and oxygen atoms in total. The quantitative estimate of drug-likeness (QED) is 0.109. The van der Waals surface area contributed by atoms with Crippen molar-refractivity contribution < 1.29 is 46.7 Å². The number of nitrogens with one attached hydrogen (secondary N) is 2. The predicted molar refractivity (Wildman–Crippen MR) is 175 cm³/mol. The van der Waals surface area contributed by atoms with Gasteiger partial charge in [-0.05, 0) is 59.7 Å². The highest BCUT2D eigenvalue weighted by molar-refractivity contribution is 7.46. The van der Waals surface area contributed by atoms with Crippen LogP contribution in [0.2, 0.25) is 10.0 Å². The minimum Gasteiger partial charge on any atom is -0.495 e. The van der Waals surface area contributed by atoms with Gasteiger partial charge in [-0.15, -0.1) is 0 Å². The number of carbonyl (C=O) groups excluding carboxylic acids is 2. The molecular formula is C33H32Cl2F2N3O8P. The molecule has 1 aliphatic carbocycles. The third-order valence-corrected chi connectivity index (χ3v) is 10.1. The number of anilines is 1. The fourth-order valence-corrected chi connectivity index (χ4v) is 7.64. The van der Waals surface area contributed by atoms with Crippen molar-refractivity contribution in [3.63, 3.8) is 0 Å². The monoisotopic (exact) mass is 737 g/mol. The summed E-state index contributed by atoms with van der Waals surface area (Å²) in [7, 11) is -3.61. The van der Waals surface area contributed by atoms with Gasteiger partial charge in [0.05, 0.1) is 35.5 Å². The van der Waals surface area contributed by atoms with E-state index in [0.29, 0.717) is 6.42 Å². The van der Waals surface area contributed by atoms with Gasteiger partial charge in [0.15, 0.2) is 0 Å². The summed E-state index contributed by atoms with van der Waals surface area (Å²) in [6.07, 6.45) is 0.362. The first kappa shape index (κ1) is 36.7. The van der Waals surface area contributed by atoms with Crippen molar-refractivity contribution in [3.8, 4) is 11.8 Å². The molecule has 5 atom stereocenters. The van der Waals surface area contributed by atoms with Gasteiger partial charge >= 0.3 is 13.8 Å². The topological polar surface area (TPSA) is 167 Å². The molecule has 260 valence electrons. The van der Waals surface area contributed by atoms with E-state index in [0.717, 1.165) is 6.07 Å². The maximum atomic E-state index is 16.0. The van der Waals surface area contributed by atoms with Crippen molar-refractivity contribution in [2.24, 2.45) is 11.3 Å². The zero-order chi connectivity index (χ0) is 36.1. The molecule has 0 bridgehead atoms. The Kier molecular flexibility index (Phi) is 9.93. The first-order valence-corrected chi connectivity index (χ1v) is 17.1. The third-order valence-electron chi connectivity index (χ3n) is 9.16. The number of phosphoric acid groups is 1. The van der Waals surface area contributed by atoms with E-state index in [1.807, 2.05) is 20.8 Å². The van der Waals surface area contributed by atoms with Crippen LogP contribution in [-0.4, -0.2) is 47.1 Å². The molecule has 1 amide bonds. The molecule has 4 N–H and O–H groups in total. The van der Waals surface area contributed by atoms with Crippen LogP contribution in [0.4, 0.5) is 14.5 Å². The summed E-state index contributed by atoms with van der Waals surface area (Å²) >= 11 is 12.3. The van der Waals surface area contributed by atoms with Crippen molar-refractivity contribution in [1.29, 1.82) is 5.26 Å². The number of hydrogen-bond donors (Lipinski definition) is 4. The Morgan fingerprint density at radius 2 is 1.86 bits per heavy atom. The van der Waals surface area contributed by atoms with E-state index in [9.17, 15) is 19.4 Å². The van der Waals surface area contributed by atoms with E-state index in [1.54, 1.807) is 0 Å². The van der Waals surface area contributed by atoms with E-state index in [2.05, 4.69) is 21.2 Å². The van der Waals surface area contributed by atoms with E-state index in [-0.39, 0.29) is 44.1 Å². The summed E-state index contributed by atoms with van der Waals surface area (Å²) in [6.45, 7) is 4.87. The van der Waals surface area contributed by atoms with Crippen molar-refractivity contribution in [2.45, 2.75) is 50.1 Å². The van der Waals surface area contributed by atoms with Gasteiger partial charge < -0.3 is 24.6 Å². The first-order valence-electron chi connectivity index (χ1n) is 14.8. The molecule has 49 heavy (non-hydrogen) atoms. The van der Waals surface area contributed by atoms with Gasteiger partial charge in [-0.1, -0.05) is 62.2 Å². The van der Waals surface area contributed by atoms with Crippen molar-refractivity contribution in [1.82, 2.24) is 5.32 Å². The Balaban J connectivity index is 1.60. The SMILES string of the molecule is COc1cc(C(=O)OCOP(=O)(O)O)ccc1NC(=O)[C@@H]1NC2(C[C@H]2C(C)(C)C)[C@](C#N)(c2ccc(Cl)cc2F)[C@H]1c1cccc(Cl)c1F. The Morgan fingerprint density at radius 1 is 1.14 bits per heavy atom. The van der Waals surface area contributed by atoms with Crippen molar-refractivity contribution >= 4 is 48.6 Å². The second-order valence-corrected chi connectivity index (χ2v) is 15.0. The summed E-state index contributed by atoms with van der Waals surface area (Å²) in [4.78, 5) is 44.4. The minimum atomic E-state index is -4.88. The molecule has 5 rings (SSSR count). The molecule has 1 saturated carbocycles. The highest BCUT2D eigenvalue weighted by atomic mass is 35.5. The molecule has 1 spiro atoms. The molecule has 2 aliphatic rings. The Labute approximate surface area is 290 Å². The highest BCUT2D eigenvalue weighted by Gasteiger charge is 2.79. The normalized spacial score (nSPS) is 24.7. The van der Waals surface area contributed by atoms with Gasteiger partial charge in [-0.25, -0.2) is 22.7 Å². The van der Waals surface area contributed by atoms with Gasteiger partial charge in [0.1, 0.15) is 22.8 Å². The molecule has 2 fully saturated rings. The number of carbonyl (C=O) groups is 2. The van der Waals surface area contributed by atoms with E-state index in [1.165, 1.54) is 55.6 Å². The number of hydrogen-bond acceptors (Lipinski definition) is 8. The maximum Gasteiger partial charge on any atom is 0.472 e. The fraction of sp³-hybridized carbons (Fsp3) is 0.364. The molecule has 0 radical (unpaired) electrons.